The fourth-order valence-electron chi connectivity index (χ4n) is 4.77. The Morgan fingerprint density at radius 3 is 2.67 bits per heavy atom. The third-order valence-corrected chi connectivity index (χ3v) is 8.23. The minimum Gasteiger partial charge on any atom is -0.392 e. The summed E-state index contributed by atoms with van der Waals surface area (Å²) in [5.41, 5.74) is 4.33. The fraction of sp³-hybridized carbons (Fsp3) is 0.600. The lowest BCUT2D eigenvalue weighted by Gasteiger charge is -2.45. The van der Waals surface area contributed by atoms with Gasteiger partial charge in [-0.05, 0) is 62.3 Å². The molecule has 1 N–H and O–H groups in total. The van der Waals surface area contributed by atoms with E-state index in [2.05, 4.69) is 56.8 Å². The highest BCUT2D eigenvalue weighted by Crippen LogP contribution is 2.48. The predicted molar refractivity (Wildman–Crippen MR) is 119 cm³/mol. The summed E-state index contributed by atoms with van der Waals surface area (Å²) < 4.78 is 0. The Hall–Kier alpha value is -0.990. The van der Waals surface area contributed by atoms with Crippen LogP contribution in [0.5, 0.6) is 0 Å². The molecule has 2 saturated carbocycles. The van der Waals surface area contributed by atoms with E-state index in [0.29, 0.717) is 11.2 Å². The van der Waals surface area contributed by atoms with Crippen LogP contribution in [0.3, 0.4) is 0 Å². The molecule has 1 nitrogen and oxygen atoms in total. The number of benzene rings is 1. The molecule has 27 heavy (non-hydrogen) atoms. The van der Waals surface area contributed by atoms with Crippen LogP contribution in [0.4, 0.5) is 0 Å². The molecule has 1 aromatic carbocycles. The van der Waals surface area contributed by atoms with Gasteiger partial charge in [0.1, 0.15) is 0 Å². The van der Waals surface area contributed by atoms with E-state index in [4.69, 9.17) is 0 Å². The summed E-state index contributed by atoms with van der Waals surface area (Å²) in [6.45, 7) is 8.71. The lowest BCUT2D eigenvalue weighted by molar-refractivity contribution is -0.0395. The molecule has 0 amide bonds. The maximum atomic E-state index is 10.7. The molecular weight excluding hydrogens is 348 g/mol. The van der Waals surface area contributed by atoms with E-state index in [9.17, 15) is 5.11 Å². The number of hydrogen-bond acceptors (Lipinski definition) is 2. The summed E-state index contributed by atoms with van der Waals surface area (Å²) in [5.74, 6) is 1.62. The largest absolute Gasteiger partial charge is 0.392 e. The summed E-state index contributed by atoms with van der Waals surface area (Å²) in [6.07, 6.45) is 13.7. The Kier molecular flexibility index (Phi) is 7.28. The highest BCUT2D eigenvalue weighted by molar-refractivity contribution is 7.99. The van der Waals surface area contributed by atoms with Gasteiger partial charge in [-0.2, -0.15) is 0 Å². The van der Waals surface area contributed by atoms with Gasteiger partial charge in [-0.3, -0.25) is 0 Å². The van der Waals surface area contributed by atoms with Crippen LogP contribution < -0.4 is 0 Å². The van der Waals surface area contributed by atoms with Crippen LogP contribution in [0.25, 0.3) is 0 Å². The zero-order valence-electron chi connectivity index (χ0n) is 17.1. The van der Waals surface area contributed by atoms with Crippen LogP contribution in [-0.4, -0.2) is 16.5 Å². The summed E-state index contributed by atoms with van der Waals surface area (Å²) in [6, 6.07) is 8.88. The van der Waals surface area contributed by atoms with Gasteiger partial charge in [0, 0.05) is 11.0 Å². The molecule has 2 aliphatic carbocycles. The molecule has 0 heterocycles. The molecule has 148 valence electrons. The first-order chi connectivity index (χ1) is 13.0. The van der Waals surface area contributed by atoms with Gasteiger partial charge in [-0.15, -0.1) is 11.8 Å². The van der Waals surface area contributed by atoms with E-state index in [0.717, 1.165) is 18.6 Å². The van der Waals surface area contributed by atoms with Crippen LogP contribution in [-0.2, 0) is 5.75 Å². The van der Waals surface area contributed by atoms with E-state index < -0.39 is 0 Å². The number of aliphatic hydroxyl groups is 1. The van der Waals surface area contributed by atoms with Gasteiger partial charge in [0.2, 0.25) is 0 Å². The predicted octanol–water partition coefficient (Wildman–Crippen LogP) is 6.84. The number of hydrogen-bond donors (Lipinski definition) is 1. The average Bonchev–Trinajstić information content (AvgIpc) is 2.97. The van der Waals surface area contributed by atoms with Crippen molar-refractivity contribution in [3.05, 3.63) is 59.7 Å². The molecule has 2 aliphatic rings. The van der Waals surface area contributed by atoms with Gasteiger partial charge in [0.25, 0.3) is 0 Å². The molecule has 0 radical (unpaired) electrons. The van der Waals surface area contributed by atoms with E-state index in [1.807, 2.05) is 11.8 Å². The van der Waals surface area contributed by atoms with E-state index in [-0.39, 0.29) is 11.5 Å². The van der Waals surface area contributed by atoms with E-state index in [1.165, 1.54) is 55.2 Å². The average molecular weight is 385 g/mol. The maximum absolute atomic E-state index is 10.7. The number of thioether (sulfide) groups is 1. The van der Waals surface area contributed by atoms with Crippen molar-refractivity contribution in [2.75, 3.05) is 0 Å². The molecule has 0 aliphatic heterocycles. The lowest BCUT2D eigenvalue weighted by atomic mass is 9.62. The minimum atomic E-state index is -0.161. The quantitative estimate of drug-likeness (QED) is 0.470. The molecule has 2 unspecified atom stereocenters. The first kappa shape index (κ1) is 20.7. The monoisotopic (exact) mass is 384 g/mol. The van der Waals surface area contributed by atoms with Crippen molar-refractivity contribution in [2.45, 2.75) is 82.3 Å². The Morgan fingerprint density at radius 2 is 2.04 bits per heavy atom. The fourth-order valence-corrected chi connectivity index (χ4v) is 6.16. The van der Waals surface area contributed by atoms with Crippen LogP contribution in [0, 0.1) is 18.3 Å². The van der Waals surface area contributed by atoms with Crippen molar-refractivity contribution in [1.29, 1.82) is 0 Å². The van der Waals surface area contributed by atoms with Gasteiger partial charge < -0.3 is 5.11 Å². The summed E-state index contributed by atoms with van der Waals surface area (Å²) in [5, 5.41) is 11.3. The maximum Gasteiger partial charge on any atom is 0.0630 e. The molecule has 0 aromatic heterocycles. The van der Waals surface area contributed by atoms with Gasteiger partial charge >= 0.3 is 0 Å². The van der Waals surface area contributed by atoms with Crippen molar-refractivity contribution < 1.29 is 5.11 Å². The van der Waals surface area contributed by atoms with Crippen molar-refractivity contribution in [1.82, 2.24) is 0 Å². The third-order valence-electron chi connectivity index (χ3n) is 6.69. The molecule has 3 rings (SSSR count). The normalized spacial score (nSPS) is 25.7. The van der Waals surface area contributed by atoms with E-state index >= 15 is 0 Å². The lowest BCUT2D eigenvalue weighted by Crippen LogP contribution is -2.41. The summed E-state index contributed by atoms with van der Waals surface area (Å²) >= 11 is 2.03. The summed E-state index contributed by atoms with van der Waals surface area (Å²) in [7, 11) is 0. The second-order valence-corrected chi connectivity index (χ2v) is 9.85. The SMILES string of the molecule is C=C1CC[C@H](/C=C/CC(O)C2(CCC)CCC2)C1SCc1ccc(C)cc1. The Morgan fingerprint density at radius 1 is 1.30 bits per heavy atom. The highest BCUT2D eigenvalue weighted by atomic mass is 32.2. The van der Waals surface area contributed by atoms with Gasteiger partial charge in [0.05, 0.1) is 6.10 Å². The van der Waals surface area contributed by atoms with Crippen LogP contribution in [0.15, 0.2) is 48.6 Å². The number of aryl methyl sites for hydroxylation is 1. The van der Waals surface area contributed by atoms with Crippen LogP contribution in [0.1, 0.15) is 69.4 Å². The number of rotatable bonds is 9. The topological polar surface area (TPSA) is 20.2 Å². The molecule has 3 atom stereocenters. The minimum absolute atomic E-state index is 0.161. The van der Waals surface area contributed by atoms with Crippen molar-refractivity contribution in [3.8, 4) is 0 Å². The Balaban J connectivity index is 1.52. The second-order valence-electron chi connectivity index (χ2n) is 8.72. The van der Waals surface area contributed by atoms with Crippen LogP contribution in [0.2, 0.25) is 0 Å². The molecular formula is C25H36OS. The molecule has 0 spiro atoms. The Labute approximate surface area is 170 Å². The van der Waals surface area contributed by atoms with E-state index in [1.54, 1.807) is 0 Å². The van der Waals surface area contributed by atoms with Crippen molar-refractivity contribution in [2.24, 2.45) is 11.3 Å². The summed E-state index contributed by atoms with van der Waals surface area (Å²) in [4.78, 5) is 0. The van der Waals surface area contributed by atoms with Crippen molar-refractivity contribution in [3.63, 3.8) is 0 Å². The first-order valence-electron chi connectivity index (χ1n) is 10.7. The van der Waals surface area contributed by atoms with Crippen LogP contribution >= 0.6 is 11.8 Å². The second kappa shape index (κ2) is 9.47. The van der Waals surface area contributed by atoms with Gasteiger partial charge in [-0.1, -0.05) is 73.9 Å². The zero-order chi connectivity index (χ0) is 19.3. The molecule has 0 saturated heterocycles. The van der Waals surface area contributed by atoms with Crippen molar-refractivity contribution >= 4 is 11.8 Å². The van der Waals surface area contributed by atoms with Gasteiger partial charge in [0.15, 0.2) is 0 Å². The Bertz CT molecular complexity index is 641. The highest BCUT2D eigenvalue weighted by Gasteiger charge is 2.41. The molecule has 2 fully saturated rings. The third kappa shape index (κ3) is 5.09. The molecule has 0 bridgehead atoms. The number of aliphatic hydroxyl groups excluding tert-OH is 1. The molecule has 1 aromatic rings. The zero-order valence-corrected chi connectivity index (χ0v) is 17.9. The van der Waals surface area contributed by atoms with Gasteiger partial charge in [-0.25, -0.2) is 0 Å². The number of allylic oxidation sites excluding steroid dienone is 1. The molecule has 2 heteroatoms. The standard InChI is InChI=1S/C25H36OS/c1-4-15-25(16-6-17-25)23(26)8-5-7-22-14-11-20(3)24(22)27-18-21-12-9-19(2)10-13-21/h5,7,9-10,12-13,22-24,26H,3-4,6,8,11,14-18H2,1-2H3/b7-5+/t22-,23?,24?/m0/s1. The smallest absolute Gasteiger partial charge is 0.0630 e. The first-order valence-corrected chi connectivity index (χ1v) is 11.8.